The zero-order valence-corrected chi connectivity index (χ0v) is 13.5. The summed E-state index contributed by atoms with van der Waals surface area (Å²) >= 11 is 6.03. The predicted octanol–water partition coefficient (Wildman–Crippen LogP) is 3.27. The molecule has 0 bridgehead atoms. The molecule has 2 unspecified atom stereocenters. The van der Waals surface area contributed by atoms with E-state index in [9.17, 15) is 4.79 Å². The number of nitrogens with two attached hydrogens (primary N) is 1. The van der Waals surface area contributed by atoms with Crippen LogP contribution in [0.4, 0.5) is 0 Å². The van der Waals surface area contributed by atoms with Crippen molar-refractivity contribution in [1.29, 1.82) is 0 Å². The Morgan fingerprint density at radius 3 is 2.75 bits per heavy atom. The van der Waals surface area contributed by atoms with Crippen molar-refractivity contribution < 1.29 is 4.79 Å². The first kappa shape index (κ1) is 17.3. The van der Waals surface area contributed by atoms with Crippen LogP contribution >= 0.6 is 24.0 Å². The van der Waals surface area contributed by atoms with Gasteiger partial charge in [0.2, 0.25) is 0 Å². The lowest BCUT2D eigenvalue weighted by Crippen LogP contribution is -2.49. The van der Waals surface area contributed by atoms with Gasteiger partial charge in [-0.15, -0.1) is 12.4 Å². The zero-order chi connectivity index (χ0) is 14.0. The van der Waals surface area contributed by atoms with Gasteiger partial charge in [-0.25, -0.2) is 0 Å². The van der Waals surface area contributed by atoms with Crippen molar-refractivity contribution in [2.45, 2.75) is 32.7 Å². The van der Waals surface area contributed by atoms with Crippen molar-refractivity contribution in [2.24, 2.45) is 11.7 Å². The van der Waals surface area contributed by atoms with Gasteiger partial charge in [-0.2, -0.15) is 0 Å². The van der Waals surface area contributed by atoms with Crippen LogP contribution in [0, 0.1) is 12.8 Å². The van der Waals surface area contributed by atoms with E-state index < -0.39 is 0 Å². The number of halogens is 2. The van der Waals surface area contributed by atoms with Crippen LogP contribution in [0.15, 0.2) is 18.2 Å². The summed E-state index contributed by atoms with van der Waals surface area (Å²) in [7, 11) is 0. The highest BCUT2D eigenvalue weighted by atomic mass is 35.5. The predicted molar refractivity (Wildman–Crippen MR) is 85.7 cm³/mol. The first-order chi connectivity index (χ1) is 9.01. The third-order valence-corrected chi connectivity index (χ3v) is 4.02. The maximum Gasteiger partial charge on any atom is 0.254 e. The van der Waals surface area contributed by atoms with E-state index in [4.69, 9.17) is 17.3 Å². The Bertz CT molecular complexity index is 459. The molecule has 5 heteroatoms. The van der Waals surface area contributed by atoms with Crippen LogP contribution in [-0.2, 0) is 0 Å². The smallest absolute Gasteiger partial charge is 0.254 e. The van der Waals surface area contributed by atoms with Crippen molar-refractivity contribution in [1.82, 2.24) is 4.90 Å². The summed E-state index contributed by atoms with van der Waals surface area (Å²) in [5.41, 5.74) is 7.48. The molecule has 0 spiro atoms. The van der Waals surface area contributed by atoms with Crippen molar-refractivity contribution in [3.05, 3.63) is 34.3 Å². The summed E-state index contributed by atoms with van der Waals surface area (Å²) in [6.45, 7) is 5.47. The SMILES string of the molecule is Cc1cc(Cl)cc(C(=O)N2CCC(C)CC2CN)c1.Cl. The lowest BCUT2D eigenvalue weighted by molar-refractivity contribution is 0.0573. The van der Waals surface area contributed by atoms with Crippen LogP contribution in [0.2, 0.25) is 5.02 Å². The minimum absolute atomic E-state index is 0. The van der Waals surface area contributed by atoms with Gasteiger partial charge in [-0.1, -0.05) is 18.5 Å². The number of piperidine rings is 1. The number of benzene rings is 1. The normalized spacial score (nSPS) is 22.3. The fraction of sp³-hybridized carbons (Fsp3) is 0.533. The van der Waals surface area contributed by atoms with Gasteiger partial charge in [0.1, 0.15) is 0 Å². The average molecular weight is 317 g/mol. The molecule has 1 aliphatic rings. The molecule has 1 saturated heterocycles. The Balaban J connectivity index is 0.00000200. The molecule has 1 amide bonds. The van der Waals surface area contributed by atoms with E-state index in [1.54, 1.807) is 6.07 Å². The number of hydrogen-bond donors (Lipinski definition) is 1. The molecule has 0 aromatic heterocycles. The average Bonchev–Trinajstić information content (AvgIpc) is 2.36. The number of carbonyl (C=O) groups is 1. The van der Waals surface area contributed by atoms with Crippen LogP contribution in [-0.4, -0.2) is 29.9 Å². The number of amides is 1. The molecule has 0 saturated carbocycles. The Kier molecular flexibility index (Phi) is 6.31. The fourth-order valence-corrected chi connectivity index (χ4v) is 3.06. The van der Waals surface area contributed by atoms with Crippen molar-refractivity contribution >= 4 is 29.9 Å². The van der Waals surface area contributed by atoms with E-state index in [0.29, 0.717) is 23.0 Å². The Morgan fingerprint density at radius 2 is 2.15 bits per heavy atom. The molecule has 2 atom stereocenters. The summed E-state index contributed by atoms with van der Waals surface area (Å²) in [5, 5.41) is 0.609. The first-order valence-electron chi connectivity index (χ1n) is 6.79. The second kappa shape index (κ2) is 7.30. The van der Waals surface area contributed by atoms with E-state index in [1.807, 2.05) is 24.0 Å². The summed E-state index contributed by atoms with van der Waals surface area (Å²) in [5.74, 6) is 0.687. The van der Waals surface area contributed by atoms with Gasteiger partial charge >= 0.3 is 0 Å². The Morgan fingerprint density at radius 1 is 1.45 bits per heavy atom. The second-order valence-corrected chi connectivity index (χ2v) is 5.97. The van der Waals surface area contributed by atoms with Gasteiger partial charge in [0, 0.05) is 29.7 Å². The first-order valence-corrected chi connectivity index (χ1v) is 7.17. The highest BCUT2D eigenvalue weighted by Gasteiger charge is 2.29. The van der Waals surface area contributed by atoms with Crippen molar-refractivity contribution in [2.75, 3.05) is 13.1 Å². The van der Waals surface area contributed by atoms with Crippen LogP contribution in [0.25, 0.3) is 0 Å². The Labute approximate surface area is 131 Å². The van der Waals surface area contributed by atoms with E-state index in [0.717, 1.165) is 24.9 Å². The van der Waals surface area contributed by atoms with Crippen LogP contribution in [0.1, 0.15) is 35.7 Å². The number of likely N-dealkylation sites (tertiary alicyclic amines) is 1. The van der Waals surface area contributed by atoms with Gasteiger partial charge in [-0.3, -0.25) is 4.79 Å². The molecule has 1 heterocycles. The molecule has 0 radical (unpaired) electrons. The third-order valence-electron chi connectivity index (χ3n) is 3.80. The quantitative estimate of drug-likeness (QED) is 0.910. The monoisotopic (exact) mass is 316 g/mol. The minimum Gasteiger partial charge on any atom is -0.334 e. The molecule has 1 aromatic rings. The third kappa shape index (κ3) is 3.87. The number of rotatable bonds is 2. The maximum absolute atomic E-state index is 12.6. The van der Waals surface area contributed by atoms with Gasteiger partial charge < -0.3 is 10.6 Å². The summed E-state index contributed by atoms with van der Waals surface area (Å²) in [4.78, 5) is 14.5. The lowest BCUT2D eigenvalue weighted by Gasteiger charge is -2.38. The largest absolute Gasteiger partial charge is 0.334 e. The molecule has 3 nitrogen and oxygen atoms in total. The zero-order valence-electron chi connectivity index (χ0n) is 11.9. The van der Waals surface area contributed by atoms with Gasteiger partial charge in [0.15, 0.2) is 0 Å². The van der Waals surface area contributed by atoms with Crippen LogP contribution in [0.5, 0.6) is 0 Å². The topological polar surface area (TPSA) is 46.3 Å². The molecule has 1 aromatic carbocycles. The summed E-state index contributed by atoms with van der Waals surface area (Å²) in [6.07, 6.45) is 2.03. The molecule has 1 fully saturated rings. The molecule has 20 heavy (non-hydrogen) atoms. The number of aryl methyl sites for hydroxylation is 1. The van der Waals surface area contributed by atoms with Crippen molar-refractivity contribution in [3.8, 4) is 0 Å². The molecular weight excluding hydrogens is 295 g/mol. The minimum atomic E-state index is 0. The van der Waals surface area contributed by atoms with Gasteiger partial charge in [0.25, 0.3) is 5.91 Å². The molecule has 0 aliphatic carbocycles. The van der Waals surface area contributed by atoms with E-state index >= 15 is 0 Å². The lowest BCUT2D eigenvalue weighted by atomic mass is 9.92. The maximum atomic E-state index is 12.6. The van der Waals surface area contributed by atoms with Crippen molar-refractivity contribution in [3.63, 3.8) is 0 Å². The number of nitrogens with zero attached hydrogens (tertiary/aromatic N) is 1. The molecular formula is C15H22Cl2N2O. The fourth-order valence-electron chi connectivity index (χ4n) is 2.77. The van der Waals surface area contributed by atoms with Crippen LogP contribution in [0.3, 0.4) is 0 Å². The molecule has 1 aliphatic heterocycles. The van der Waals surface area contributed by atoms with Crippen LogP contribution < -0.4 is 5.73 Å². The molecule has 2 rings (SSSR count). The summed E-state index contributed by atoms with van der Waals surface area (Å²) in [6, 6.07) is 5.63. The van der Waals surface area contributed by atoms with Gasteiger partial charge in [0.05, 0.1) is 0 Å². The highest BCUT2D eigenvalue weighted by Crippen LogP contribution is 2.24. The highest BCUT2D eigenvalue weighted by molar-refractivity contribution is 6.31. The molecule has 2 N–H and O–H groups in total. The number of carbonyl (C=O) groups excluding carboxylic acids is 1. The standard InChI is InChI=1S/C15H21ClN2O.ClH/c1-10-3-4-18(14(7-10)9-17)15(19)12-5-11(2)6-13(16)8-12;/h5-6,8,10,14H,3-4,7,9,17H2,1-2H3;1H. The molecule has 112 valence electrons. The van der Waals surface area contributed by atoms with E-state index in [1.165, 1.54) is 0 Å². The van der Waals surface area contributed by atoms with Gasteiger partial charge in [-0.05, 0) is 49.4 Å². The Hall–Kier alpha value is -0.770. The second-order valence-electron chi connectivity index (χ2n) is 5.53. The van der Waals surface area contributed by atoms with E-state index in [2.05, 4.69) is 6.92 Å². The number of hydrogen-bond acceptors (Lipinski definition) is 2. The van der Waals surface area contributed by atoms with E-state index in [-0.39, 0.29) is 24.4 Å². The summed E-state index contributed by atoms with van der Waals surface area (Å²) < 4.78 is 0.